The molecule has 0 amide bonds. The number of allylic oxidation sites excluding steroid dienone is 16. The number of rotatable bonds is 37. The molecule has 0 heterocycles. The van der Waals surface area contributed by atoms with Crippen molar-refractivity contribution >= 4 is 19.8 Å². The van der Waals surface area contributed by atoms with Gasteiger partial charge in [0.2, 0.25) is 0 Å². The number of carbonyl (C=O) groups is 2. The molecule has 0 aromatic carbocycles. The molecular weight excluding hydrogens is 868 g/mol. The molecule has 4 unspecified atom stereocenters. The molecule has 1 fully saturated rings. The molecule has 0 aliphatic heterocycles. The van der Waals surface area contributed by atoms with Crippen molar-refractivity contribution in [3.63, 3.8) is 0 Å². The molecule has 0 spiro atoms. The highest BCUT2D eigenvalue weighted by atomic mass is 31.2. The molecule has 0 aromatic rings. The van der Waals surface area contributed by atoms with Gasteiger partial charge < -0.3 is 45.0 Å². The van der Waals surface area contributed by atoms with E-state index in [1.807, 2.05) is 61.6 Å². The number of unbranched alkanes of at least 4 members (excludes halogenated alkanes) is 7. The molecule has 0 bridgehead atoms. The van der Waals surface area contributed by atoms with Gasteiger partial charge in [0.1, 0.15) is 43.2 Å². The molecule has 14 nitrogen and oxygen atoms in total. The fraction of sp³-hybridized carbons (Fsp3) is 0.608. The third-order valence-electron chi connectivity index (χ3n) is 10.2. The van der Waals surface area contributed by atoms with Gasteiger partial charge in [-0.3, -0.25) is 18.6 Å². The first kappa shape index (κ1) is 60.5. The van der Waals surface area contributed by atoms with Crippen LogP contribution < -0.4 is 0 Å². The minimum absolute atomic E-state index is 0.0526. The quantitative estimate of drug-likeness (QED) is 0.0102. The Bertz CT molecular complexity index is 1580. The van der Waals surface area contributed by atoms with E-state index in [4.69, 9.17) is 18.5 Å². The van der Waals surface area contributed by atoms with Crippen molar-refractivity contribution in [2.24, 2.45) is 0 Å². The largest absolute Gasteiger partial charge is 0.472 e. The van der Waals surface area contributed by atoms with Crippen LogP contribution in [-0.2, 0) is 32.7 Å². The maximum Gasteiger partial charge on any atom is 0.472 e. The van der Waals surface area contributed by atoms with Gasteiger partial charge in [0.25, 0.3) is 0 Å². The maximum absolute atomic E-state index is 12.8. The van der Waals surface area contributed by atoms with Crippen LogP contribution >= 0.6 is 7.82 Å². The summed E-state index contributed by atoms with van der Waals surface area (Å²) < 4.78 is 33.5. The van der Waals surface area contributed by atoms with Crippen LogP contribution in [0.3, 0.4) is 0 Å². The molecule has 0 saturated heterocycles. The topological polar surface area (TPSA) is 230 Å². The second-order valence-corrected chi connectivity index (χ2v) is 17.5. The first-order valence-electron chi connectivity index (χ1n) is 23.8. The Morgan fingerprint density at radius 2 is 1.02 bits per heavy atom. The normalized spacial score (nSPS) is 22.7. The van der Waals surface area contributed by atoms with Gasteiger partial charge >= 0.3 is 19.8 Å². The highest BCUT2D eigenvalue weighted by Crippen LogP contribution is 2.47. The summed E-state index contributed by atoms with van der Waals surface area (Å²) in [4.78, 5) is 35.7. The summed E-state index contributed by atoms with van der Waals surface area (Å²) in [5.41, 5.74) is 0. The summed E-state index contributed by atoms with van der Waals surface area (Å²) >= 11 is 0. The lowest BCUT2D eigenvalue weighted by molar-refractivity contribution is -0.220. The minimum Gasteiger partial charge on any atom is -0.462 e. The van der Waals surface area contributed by atoms with Crippen LogP contribution in [0.15, 0.2) is 109 Å². The van der Waals surface area contributed by atoms with Crippen molar-refractivity contribution in [2.45, 2.75) is 185 Å². The lowest BCUT2D eigenvalue weighted by Crippen LogP contribution is -2.64. The van der Waals surface area contributed by atoms with Crippen LogP contribution in [0.25, 0.3) is 0 Å². The molecule has 1 rings (SSSR count). The van der Waals surface area contributed by atoms with E-state index in [9.17, 15) is 49.7 Å². The molecular formula is C51H81O14P. The van der Waals surface area contributed by atoms with E-state index in [1.165, 1.54) is 0 Å². The predicted octanol–water partition coefficient (Wildman–Crippen LogP) is 8.58. The molecule has 66 heavy (non-hydrogen) atoms. The van der Waals surface area contributed by atoms with Crippen LogP contribution in [0.5, 0.6) is 0 Å². The summed E-state index contributed by atoms with van der Waals surface area (Å²) in [5.74, 6) is -1.22. The number of phosphoric acid groups is 1. The third kappa shape index (κ3) is 31.4. The van der Waals surface area contributed by atoms with Crippen molar-refractivity contribution in [1.29, 1.82) is 0 Å². The fourth-order valence-electron chi connectivity index (χ4n) is 6.39. The van der Waals surface area contributed by atoms with Gasteiger partial charge in [-0.2, -0.15) is 0 Å². The molecule has 9 atom stereocenters. The van der Waals surface area contributed by atoms with Gasteiger partial charge in [-0.25, -0.2) is 4.57 Å². The number of aliphatic hydroxyl groups excluding tert-OH is 6. The van der Waals surface area contributed by atoms with E-state index in [0.29, 0.717) is 25.7 Å². The van der Waals surface area contributed by atoms with Gasteiger partial charge in [-0.05, 0) is 83.5 Å². The second kappa shape index (κ2) is 39.5. The van der Waals surface area contributed by atoms with Crippen LogP contribution in [0.1, 0.15) is 136 Å². The summed E-state index contributed by atoms with van der Waals surface area (Å²) in [6.45, 7) is 2.88. The number of carbonyl (C=O) groups excluding carboxylic acids is 2. The SMILES string of the molecule is CC/C=C\C/C=C\C/C=C\C/C=C\CCCCCCCCC(=O)O[C@H](COC(=O)CCC/C=C\C/C=C\C/C=C\C=C\CC(O)/C=C\CC)COP(=O)(O)OC1[C@H](O)[C@H](O)C(O)[C@H](O)[C@H]1O. The van der Waals surface area contributed by atoms with Gasteiger partial charge in [-0.1, -0.05) is 149 Å². The Morgan fingerprint density at radius 1 is 0.545 bits per heavy atom. The zero-order chi connectivity index (χ0) is 48.7. The van der Waals surface area contributed by atoms with E-state index in [0.717, 1.165) is 83.5 Å². The van der Waals surface area contributed by atoms with Gasteiger partial charge in [0.15, 0.2) is 6.10 Å². The molecule has 1 aliphatic rings. The average molecular weight is 949 g/mol. The van der Waals surface area contributed by atoms with Gasteiger partial charge in [-0.15, -0.1) is 0 Å². The van der Waals surface area contributed by atoms with Crippen molar-refractivity contribution in [2.75, 3.05) is 13.2 Å². The molecule has 1 aliphatic carbocycles. The molecule has 374 valence electrons. The van der Waals surface area contributed by atoms with E-state index >= 15 is 0 Å². The zero-order valence-electron chi connectivity index (χ0n) is 39.3. The van der Waals surface area contributed by atoms with Crippen molar-refractivity contribution in [3.05, 3.63) is 109 Å². The number of hydrogen-bond donors (Lipinski definition) is 7. The standard InChI is InChI=1S/C51H81O14P/c1-3-5-7-8-9-10-11-12-13-14-15-16-17-18-23-26-29-32-35-39-45(54)64-43(41-63-66(60,61)65-51-49(58)47(56)46(55)48(57)50(51)59)40-62-44(53)38-34-31-28-25-22-20-19-21-24-27-30-33-37-42(52)36-6-4-2/h5-7,9-10,12-13,15-16,19-20,24-25,27-28,30,33,36,42-43,46-52,55-59H,3-4,8,11,14,17-18,21-23,26,29,31-32,34-35,37-41H2,1-2H3,(H,60,61)/b7-5-,10-9-,13-12-,16-15-,20-19-,27-24-,28-25-,33-30+,36-6-/t42?,43-,46?,47-,48+,49-,50-,51?/m1/s1. The third-order valence-corrected chi connectivity index (χ3v) is 11.2. The monoisotopic (exact) mass is 949 g/mol. The van der Waals surface area contributed by atoms with Crippen LogP contribution in [0, 0.1) is 0 Å². The smallest absolute Gasteiger partial charge is 0.462 e. The van der Waals surface area contributed by atoms with E-state index in [2.05, 4.69) is 55.5 Å². The number of hydrogen-bond acceptors (Lipinski definition) is 13. The Hall–Kier alpha value is -3.53. The van der Waals surface area contributed by atoms with Gasteiger partial charge in [0, 0.05) is 12.8 Å². The Kier molecular flexibility index (Phi) is 36.2. The van der Waals surface area contributed by atoms with Gasteiger partial charge in [0.05, 0.1) is 12.7 Å². The molecule has 0 radical (unpaired) electrons. The van der Waals surface area contributed by atoms with E-state index < -0.39 is 81.8 Å². The zero-order valence-corrected chi connectivity index (χ0v) is 40.2. The summed E-state index contributed by atoms with van der Waals surface area (Å²) in [5, 5.41) is 60.0. The molecule has 1 saturated carbocycles. The number of esters is 2. The maximum atomic E-state index is 12.8. The Balaban J connectivity index is 2.52. The summed E-state index contributed by atoms with van der Waals surface area (Å²) in [7, 11) is -5.16. The first-order chi connectivity index (χ1) is 31.8. The molecule has 0 aromatic heterocycles. The predicted molar refractivity (Wildman–Crippen MR) is 259 cm³/mol. The Labute approximate surface area is 394 Å². The van der Waals surface area contributed by atoms with Crippen molar-refractivity contribution < 1.29 is 68.2 Å². The number of phosphoric ester groups is 1. The second-order valence-electron chi connectivity index (χ2n) is 16.0. The van der Waals surface area contributed by atoms with Crippen molar-refractivity contribution in [1.82, 2.24) is 0 Å². The summed E-state index contributed by atoms with van der Waals surface area (Å²) in [6, 6.07) is 0. The lowest BCUT2D eigenvalue weighted by Gasteiger charge is -2.41. The van der Waals surface area contributed by atoms with Crippen LogP contribution in [0.4, 0.5) is 0 Å². The molecule has 15 heteroatoms. The lowest BCUT2D eigenvalue weighted by atomic mass is 9.85. The van der Waals surface area contributed by atoms with E-state index in [1.54, 1.807) is 6.08 Å². The minimum atomic E-state index is -5.16. The van der Waals surface area contributed by atoms with E-state index in [-0.39, 0.29) is 12.8 Å². The first-order valence-corrected chi connectivity index (χ1v) is 25.3. The molecule has 7 N–H and O–H groups in total. The fourth-order valence-corrected chi connectivity index (χ4v) is 7.36. The highest BCUT2D eigenvalue weighted by Gasteiger charge is 2.51. The number of ether oxygens (including phenoxy) is 2. The average Bonchev–Trinajstić information content (AvgIpc) is 3.30. The summed E-state index contributed by atoms with van der Waals surface area (Å²) in [6.07, 6.45) is 37.6. The van der Waals surface area contributed by atoms with Crippen molar-refractivity contribution in [3.8, 4) is 0 Å². The Morgan fingerprint density at radius 3 is 1.61 bits per heavy atom. The number of aliphatic hydroxyl groups is 6. The van der Waals surface area contributed by atoms with Crippen LogP contribution in [0.2, 0.25) is 0 Å². The highest BCUT2D eigenvalue weighted by molar-refractivity contribution is 7.47. The van der Waals surface area contributed by atoms with Crippen LogP contribution in [-0.4, -0.2) is 110 Å².